The number of hydrogen-bond acceptors (Lipinski definition) is 4. The number of fused-ring (bicyclic) bond motifs is 1. The highest BCUT2D eigenvalue weighted by molar-refractivity contribution is 6.33. The number of nitrogens with zero attached hydrogens (tertiary/aromatic N) is 3. The van der Waals surface area contributed by atoms with Gasteiger partial charge >= 0.3 is 0 Å². The predicted octanol–water partition coefficient (Wildman–Crippen LogP) is 1.84. The molecule has 1 aromatic carbocycles. The zero-order chi connectivity index (χ0) is 13.4. The van der Waals surface area contributed by atoms with E-state index in [4.69, 9.17) is 0 Å². The molecule has 0 fully saturated rings. The molecular formula is C14H11N3O2. The third-order valence-corrected chi connectivity index (χ3v) is 3.11. The summed E-state index contributed by atoms with van der Waals surface area (Å²) in [6.07, 6.45) is 3.73. The van der Waals surface area contributed by atoms with Gasteiger partial charge in [-0.15, -0.1) is 0 Å². The van der Waals surface area contributed by atoms with Crippen molar-refractivity contribution in [3.8, 4) is 0 Å². The monoisotopic (exact) mass is 253 g/mol. The molecule has 0 saturated carbocycles. The number of benzene rings is 1. The van der Waals surface area contributed by atoms with Gasteiger partial charge in [0.05, 0.1) is 5.69 Å². The average Bonchev–Trinajstić information content (AvgIpc) is 2.72. The van der Waals surface area contributed by atoms with Crippen LogP contribution in [0.1, 0.15) is 33.5 Å². The Kier molecular flexibility index (Phi) is 2.59. The summed E-state index contributed by atoms with van der Waals surface area (Å²) in [7, 11) is 0. The van der Waals surface area contributed by atoms with Crippen LogP contribution in [0.25, 0.3) is 0 Å². The van der Waals surface area contributed by atoms with Crippen molar-refractivity contribution in [2.45, 2.75) is 13.3 Å². The van der Waals surface area contributed by atoms with Crippen molar-refractivity contribution in [3.63, 3.8) is 0 Å². The maximum absolute atomic E-state index is 12.2. The number of aromatic nitrogens is 2. The number of carbonyl (C=O) groups is 2. The van der Waals surface area contributed by atoms with Gasteiger partial charge in [-0.2, -0.15) is 0 Å². The summed E-state index contributed by atoms with van der Waals surface area (Å²) in [5.41, 5.74) is 1.93. The molecule has 0 spiro atoms. The minimum atomic E-state index is -0.419. The minimum Gasteiger partial charge on any atom is -0.266 e. The predicted molar refractivity (Wildman–Crippen MR) is 69.0 cm³/mol. The van der Waals surface area contributed by atoms with E-state index < -0.39 is 11.8 Å². The van der Waals surface area contributed by atoms with Gasteiger partial charge in [-0.3, -0.25) is 9.59 Å². The van der Waals surface area contributed by atoms with E-state index in [1.807, 2.05) is 19.1 Å². The molecule has 1 aliphatic heterocycles. The van der Waals surface area contributed by atoms with Crippen LogP contribution in [0, 0.1) is 0 Å². The van der Waals surface area contributed by atoms with Crippen LogP contribution in [-0.4, -0.2) is 21.8 Å². The van der Waals surface area contributed by atoms with E-state index in [-0.39, 0.29) is 11.4 Å². The van der Waals surface area contributed by atoms with Crippen LogP contribution in [0.5, 0.6) is 0 Å². The summed E-state index contributed by atoms with van der Waals surface area (Å²) >= 11 is 0. The molecule has 0 atom stereocenters. The van der Waals surface area contributed by atoms with Crippen molar-refractivity contribution in [2.75, 3.05) is 4.90 Å². The summed E-state index contributed by atoms with van der Waals surface area (Å²) in [4.78, 5) is 33.3. The third kappa shape index (κ3) is 1.71. The molecule has 1 aromatic heterocycles. The lowest BCUT2D eigenvalue weighted by atomic mass is 10.1. The Labute approximate surface area is 109 Å². The van der Waals surface area contributed by atoms with Crippen LogP contribution >= 0.6 is 0 Å². The Morgan fingerprint density at radius 3 is 1.95 bits per heavy atom. The van der Waals surface area contributed by atoms with Gasteiger partial charge in [-0.05, 0) is 24.1 Å². The van der Waals surface area contributed by atoms with Gasteiger partial charge in [0.15, 0.2) is 11.4 Å². The van der Waals surface area contributed by atoms with Crippen molar-refractivity contribution in [2.24, 2.45) is 0 Å². The number of amides is 2. The highest BCUT2D eigenvalue weighted by atomic mass is 16.2. The van der Waals surface area contributed by atoms with Crippen molar-refractivity contribution >= 4 is 17.5 Å². The summed E-state index contributed by atoms with van der Waals surface area (Å²) < 4.78 is 0. The standard InChI is InChI=1S/C14H11N3O2/c1-2-9-3-5-10(6-4-9)17-13(18)11-12(14(17)19)16-8-7-15-11/h3-8H,2H2,1H3. The first-order valence-corrected chi connectivity index (χ1v) is 6.01. The Morgan fingerprint density at radius 2 is 1.47 bits per heavy atom. The number of rotatable bonds is 2. The minimum absolute atomic E-state index is 0.118. The van der Waals surface area contributed by atoms with E-state index in [9.17, 15) is 9.59 Å². The fourth-order valence-corrected chi connectivity index (χ4v) is 2.07. The summed E-state index contributed by atoms with van der Waals surface area (Å²) in [6.45, 7) is 2.05. The molecule has 5 heteroatoms. The first-order chi connectivity index (χ1) is 9.22. The molecule has 0 bridgehead atoms. The zero-order valence-electron chi connectivity index (χ0n) is 10.3. The van der Waals surface area contributed by atoms with Gasteiger partial charge in [0.2, 0.25) is 0 Å². The molecule has 2 aromatic rings. The zero-order valence-corrected chi connectivity index (χ0v) is 10.3. The van der Waals surface area contributed by atoms with Crippen LogP contribution in [0.15, 0.2) is 36.7 Å². The number of carbonyl (C=O) groups excluding carboxylic acids is 2. The van der Waals surface area contributed by atoms with Gasteiger partial charge in [-0.25, -0.2) is 14.9 Å². The average molecular weight is 253 g/mol. The largest absolute Gasteiger partial charge is 0.286 e. The maximum atomic E-state index is 12.2. The molecular weight excluding hydrogens is 242 g/mol. The van der Waals surface area contributed by atoms with Crippen LogP contribution in [0.2, 0.25) is 0 Å². The molecule has 2 heterocycles. The maximum Gasteiger partial charge on any atom is 0.286 e. The molecule has 0 saturated heterocycles. The Balaban J connectivity index is 2.03. The lowest BCUT2D eigenvalue weighted by Crippen LogP contribution is -2.29. The quantitative estimate of drug-likeness (QED) is 0.766. The second kappa shape index (κ2) is 4.28. The van der Waals surface area contributed by atoms with Crippen LogP contribution in [0.4, 0.5) is 5.69 Å². The van der Waals surface area contributed by atoms with E-state index in [1.165, 1.54) is 12.4 Å². The number of anilines is 1. The van der Waals surface area contributed by atoms with E-state index in [0.29, 0.717) is 5.69 Å². The summed E-state index contributed by atoms with van der Waals surface area (Å²) in [5.74, 6) is -0.838. The van der Waals surface area contributed by atoms with Gasteiger partial charge in [-0.1, -0.05) is 19.1 Å². The smallest absolute Gasteiger partial charge is 0.266 e. The van der Waals surface area contributed by atoms with E-state index in [1.54, 1.807) is 12.1 Å². The molecule has 0 aliphatic carbocycles. The molecule has 94 valence electrons. The van der Waals surface area contributed by atoms with Crippen LogP contribution in [-0.2, 0) is 6.42 Å². The molecule has 1 aliphatic rings. The highest BCUT2D eigenvalue weighted by Gasteiger charge is 2.39. The Hall–Kier alpha value is -2.56. The molecule has 0 N–H and O–H groups in total. The second-order valence-electron chi connectivity index (χ2n) is 4.22. The molecule has 3 rings (SSSR count). The molecule has 0 radical (unpaired) electrons. The molecule has 2 amide bonds. The van der Waals surface area contributed by atoms with Gasteiger partial charge in [0.25, 0.3) is 11.8 Å². The Morgan fingerprint density at radius 1 is 0.947 bits per heavy atom. The lowest BCUT2D eigenvalue weighted by molar-refractivity contribution is 0.0923. The number of hydrogen-bond donors (Lipinski definition) is 0. The van der Waals surface area contributed by atoms with Gasteiger partial charge in [0.1, 0.15) is 0 Å². The normalized spacial score (nSPS) is 13.8. The van der Waals surface area contributed by atoms with Gasteiger partial charge < -0.3 is 0 Å². The molecule has 5 nitrogen and oxygen atoms in total. The van der Waals surface area contributed by atoms with E-state index >= 15 is 0 Å². The number of aryl methyl sites for hydroxylation is 1. The SMILES string of the molecule is CCc1ccc(N2C(=O)c3nccnc3C2=O)cc1. The Bertz CT molecular complexity index is 630. The first kappa shape index (κ1) is 11.5. The van der Waals surface area contributed by atoms with Crippen molar-refractivity contribution in [1.82, 2.24) is 9.97 Å². The topological polar surface area (TPSA) is 63.2 Å². The molecule has 0 unspecified atom stereocenters. The van der Waals surface area contributed by atoms with Crippen molar-refractivity contribution in [3.05, 3.63) is 53.6 Å². The lowest BCUT2D eigenvalue weighted by Gasteiger charge is -2.13. The summed E-state index contributed by atoms with van der Waals surface area (Å²) in [5, 5.41) is 0. The number of imide groups is 1. The van der Waals surface area contributed by atoms with E-state index in [0.717, 1.165) is 16.9 Å². The third-order valence-electron chi connectivity index (χ3n) is 3.11. The van der Waals surface area contributed by atoms with Crippen molar-refractivity contribution < 1.29 is 9.59 Å². The first-order valence-electron chi connectivity index (χ1n) is 6.01. The fraction of sp³-hybridized carbons (Fsp3) is 0.143. The fourth-order valence-electron chi connectivity index (χ4n) is 2.07. The molecule has 19 heavy (non-hydrogen) atoms. The van der Waals surface area contributed by atoms with E-state index in [2.05, 4.69) is 9.97 Å². The van der Waals surface area contributed by atoms with Gasteiger partial charge in [0, 0.05) is 12.4 Å². The second-order valence-corrected chi connectivity index (χ2v) is 4.22. The van der Waals surface area contributed by atoms with Crippen LogP contribution in [0.3, 0.4) is 0 Å². The highest BCUT2D eigenvalue weighted by Crippen LogP contribution is 2.25. The van der Waals surface area contributed by atoms with Crippen molar-refractivity contribution in [1.29, 1.82) is 0 Å². The summed E-state index contributed by atoms with van der Waals surface area (Å²) in [6, 6.07) is 7.33. The van der Waals surface area contributed by atoms with Crippen LogP contribution < -0.4 is 4.90 Å².